The fraction of sp³-hybridized carbons (Fsp3) is 1.00. The molecule has 1 unspecified atom stereocenters. The zero-order chi connectivity index (χ0) is 14.7. The standard InChI is InChI=1S/C15H31NO4/c1-15(13-17,16-14-5-6-14)7-3-8-19-9-4-10-20-12-11-18-2/h14,16-17H,3-13H2,1-2H3. The first kappa shape index (κ1) is 17.9. The predicted molar refractivity (Wildman–Crippen MR) is 79.0 cm³/mol. The molecule has 1 aliphatic rings. The van der Waals surface area contributed by atoms with Gasteiger partial charge in [-0.3, -0.25) is 0 Å². The van der Waals surface area contributed by atoms with E-state index in [-0.39, 0.29) is 12.1 Å². The van der Waals surface area contributed by atoms with E-state index in [2.05, 4.69) is 12.2 Å². The van der Waals surface area contributed by atoms with Crippen molar-refractivity contribution in [3.8, 4) is 0 Å². The van der Waals surface area contributed by atoms with E-state index in [1.807, 2.05) is 0 Å². The molecule has 120 valence electrons. The minimum atomic E-state index is -0.145. The normalized spacial score (nSPS) is 18.1. The fourth-order valence-corrected chi connectivity index (χ4v) is 2.09. The maximum absolute atomic E-state index is 9.48. The number of rotatable bonds is 14. The van der Waals surface area contributed by atoms with Crippen molar-refractivity contribution in [1.29, 1.82) is 0 Å². The molecule has 1 rings (SSSR count). The highest BCUT2D eigenvalue weighted by Crippen LogP contribution is 2.24. The SMILES string of the molecule is COCCOCCCOCCCC(C)(CO)NC1CC1. The second-order valence-corrected chi connectivity index (χ2v) is 5.81. The molecule has 5 nitrogen and oxygen atoms in total. The van der Waals surface area contributed by atoms with E-state index in [1.54, 1.807) is 7.11 Å². The molecular formula is C15H31NO4. The maximum atomic E-state index is 9.48. The first-order valence-electron chi connectivity index (χ1n) is 7.73. The van der Waals surface area contributed by atoms with Crippen LogP contribution in [0.15, 0.2) is 0 Å². The van der Waals surface area contributed by atoms with Crippen LogP contribution in [0.5, 0.6) is 0 Å². The zero-order valence-corrected chi connectivity index (χ0v) is 13.0. The third kappa shape index (κ3) is 8.87. The van der Waals surface area contributed by atoms with Crippen LogP contribution in [0.3, 0.4) is 0 Å². The maximum Gasteiger partial charge on any atom is 0.0700 e. The Labute approximate surface area is 123 Å². The van der Waals surface area contributed by atoms with E-state index in [0.717, 1.165) is 39.1 Å². The van der Waals surface area contributed by atoms with Crippen LogP contribution < -0.4 is 5.32 Å². The molecule has 0 aromatic carbocycles. The Bertz CT molecular complexity index is 236. The van der Waals surface area contributed by atoms with Gasteiger partial charge in [-0.1, -0.05) is 0 Å². The van der Waals surface area contributed by atoms with E-state index >= 15 is 0 Å². The Hall–Kier alpha value is -0.200. The third-order valence-electron chi connectivity index (χ3n) is 3.51. The second-order valence-electron chi connectivity index (χ2n) is 5.81. The van der Waals surface area contributed by atoms with Crippen LogP contribution in [0.1, 0.15) is 39.0 Å². The lowest BCUT2D eigenvalue weighted by Crippen LogP contribution is -2.47. The number of methoxy groups -OCH3 is 1. The fourth-order valence-electron chi connectivity index (χ4n) is 2.09. The van der Waals surface area contributed by atoms with Crippen LogP contribution in [-0.4, -0.2) is 63.4 Å². The monoisotopic (exact) mass is 289 g/mol. The lowest BCUT2D eigenvalue weighted by atomic mass is 9.97. The van der Waals surface area contributed by atoms with Gasteiger partial charge in [-0.25, -0.2) is 0 Å². The van der Waals surface area contributed by atoms with Crippen LogP contribution in [0.2, 0.25) is 0 Å². The molecule has 0 spiro atoms. The number of nitrogens with one attached hydrogen (secondary N) is 1. The van der Waals surface area contributed by atoms with Gasteiger partial charge in [0.25, 0.3) is 0 Å². The van der Waals surface area contributed by atoms with Crippen LogP contribution in [0.25, 0.3) is 0 Å². The topological polar surface area (TPSA) is 60.0 Å². The minimum Gasteiger partial charge on any atom is -0.394 e. The Balaban J connectivity index is 1.87. The van der Waals surface area contributed by atoms with E-state index < -0.39 is 0 Å². The number of hydrogen-bond donors (Lipinski definition) is 2. The quantitative estimate of drug-likeness (QED) is 0.473. The highest BCUT2D eigenvalue weighted by Gasteiger charge is 2.31. The van der Waals surface area contributed by atoms with Gasteiger partial charge in [0, 0.05) is 38.5 Å². The molecule has 1 atom stereocenters. The Morgan fingerprint density at radius 2 is 1.70 bits per heavy atom. The largest absolute Gasteiger partial charge is 0.394 e. The molecule has 0 aromatic rings. The van der Waals surface area contributed by atoms with Gasteiger partial charge in [0.15, 0.2) is 0 Å². The number of aliphatic hydroxyl groups is 1. The van der Waals surface area contributed by atoms with E-state index in [0.29, 0.717) is 19.3 Å². The minimum absolute atomic E-state index is 0.145. The molecule has 2 N–H and O–H groups in total. The smallest absolute Gasteiger partial charge is 0.0700 e. The van der Waals surface area contributed by atoms with Crippen molar-refractivity contribution >= 4 is 0 Å². The molecule has 20 heavy (non-hydrogen) atoms. The zero-order valence-electron chi connectivity index (χ0n) is 13.0. The number of ether oxygens (including phenoxy) is 3. The lowest BCUT2D eigenvalue weighted by molar-refractivity contribution is 0.0491. The summed E-state index contributed by atoms with van der Waals surface area (Å²) in [5.41, 5.74) is -0.145. The number of aliphatic hydroxyl groups excluding tert-OH is 1. The van der Waals surface area contributed by atoms with Crippen LogP contribution in [-0.2, 0) is 14.2 Å². The molecule has 5 heteroatoms. The van der Waals surface area contributed by atoms with Gasteiger partial charge in [-0.05, 0) is 39.0 Å². The molecule has 0 aliphatic heterocycles. The molecule has 1 saturated carbocycles. The van der Waals surface area contributed by atoms with Crippen molar-refractivity contribution in [2.24, 2.45) is 0 Å². The predicted octanol–water partition coefficient (Wildman–Crippen LogP) is 1.34. The van der Waals surface area contributed by atoms with Gasteiger partial charge < -0.3 is 24.6 Å². The molecule has 1 fully saturated rings. The molecule has 0 heterocycles. The van der Waals surface area contributed by atoms with Gasteiger partial charge in [0.2, 0.25) is 0 Å². The van der Waals surface area contributed by atoms with Gasteiger partial charge in [-0.2, -0.15) is 0 Å². The van der Waals surface area contributed by atoms with E-state index in [9.17, 15) is 5.11 Å². The molecular weight excluding hydrogens is 258 g/mol. The summed E-state index contributed by atoms with van der Waals surface area (Å²) in [5, 5.41) is 13.0. The van der Waals surface area contributed by atoms with Crippen molar-refractivity contribution in [3.63, 3.8) is 0 Å². The summed E-state index contributed by atoms with van der Waals surface area (Å²) in [5.74, 6) is 0. The molecule has 0 saturated heterocycles. The summed E-state index contributed by atoms with van der Waals surface area (Å²) in [4.78, 5) is 0. The first-order valence-corrected chi connectivity index (χ1v) is 7.73. The lowest BCUT2D eigenvalue weighted by Gasteiger charge is -2.29. The molecule has 0 bridgehead atoms. The highest BCUT2D eigenvalue weighted by molar-refractivity contribution is 4.92. The Morgan fingerprint density at radius 1 is 1.05 bits per heavy atom. The molecule has 0 amide bonds. The highest BCUT2D eigenvalue weighted by atomic mass is 16.5. The van der Waals surface area contributed by atoms with Crippen molar-refractivity contribution in [2.45, 2.75) is 50.6 Å². The Kier molecular flexibility index (Phi) is 9.39. The summed E-state index contributed by atoms with van der Waals surface area (Å²) < 4.78 is 15.8. The Morgan fingerprint density at radius 3 is 2.30 bits per heavy atom. The summed E-state index contributed by atoms with van der Waals surface area (Å²) >= 11 is 0. The van der Waals surface area contributed by atoms with Crippen molar-refractivity contribution in [2.75, 3.05) is 46.8 Å². The van der Waals surface area contributed by atoms with Gasteiger partial charge >= 0.3 is 0 Å². The van der Waals surface area contributed by atoms with Crippen LogP contribution in [0.4, 0.5) is 0 Å². The van der Waals surface area contributed by atoms with E-state index in [4.69, 9.17) is 14.2 Å². The van der Waals surface area contributed by atoms with Crippen LogP contribution >= 0.6 is 0 Å². The summed E-state index contributed by atoms with van der Waals surface area (Å²) in [6.07, 6.45) is 5.33. The summed E-state index contributed by atoms with van der Waals surface area (Å²) in [6.45, 7) is 5.79. The van der Waals surface area contributed by atoms with Crippen molar-refractivity contribution in [3.05, 3.63) is 0 Å². The molecule has 1 aliphatic carbocycles. The molecule has 0 aromatic heterocycles. The van der Waals surface area contributed by atoms with Gasteiger partial charge in [-0.15, -0.1) is 0 Å². The third-order valence-corrected chi connectivity index (χ3v) is 3.51. The van der Waals surface area contributed by atoms with Crippen LogP contribution in [0, 0.1) is 0 Å². The molecule has 0 radical (unpaired) electrons. The van der Waals surface area contributed by atoms with Gasteiger partial charge in [0.1, 0.15) is 0 Å². The van der Waals surface area contributed by atoms with Crippen molar-refractivity contribution < 1.29 is 19.3 Å². The van der Waals surface area contributed by atoms with E-state index in [1.165, 1.54) is 12.8 Å². The average Bonchev–Trinajstić information content (AvgIpc) is 3.25. The first-order chi connectivity index (χ1) is 9.70. The van der Waals surface area contributed by atoms with Gasteiger partial charge in [0.05, 0.1) is 19.8 Å². The second kappa shape index (κ2) is 10.5. The van der Waals surface area contributed by atoms with Crippen molar-refractivity contribution in [1.82, 2.24) is 5.32 Å². The number of hydrogen-bond acceptors (Lipinski definition) is 5. The summed E-state index contributed by atoms with van der Waals surface area (Å²) in [6, 6.07) is 0.623. The summed E-state index contributed by atoms with van der Waals surface area (Å²) in [7, 11) is 1.67. The average molecular weight is 289 g/mol.